The number of hydrogen-bond donors (Lipinski definition) is 0. The molecule has 1 saturated heterocycles. The Balaban J connectivity index is 1.62. The molecule has 0 aliphatic carbocycles. The summed E-state index contributed by atoms with van der Waals surface area (Å²) in [6.45, 7) is 2.32. The lowest BCUT2D eigenvalue weighted by atomic mass is 10.1. The summed E-state index contributed by atoms with van der Waals surface area (Å²) in [6, 6.07) is 18.5. The molecule has 150 valence electrons. The predicted octanol–water partition coefficient (Wildman–Crippen LogP) is 3.48. The Bertz CT molecular complexity index is 1110. The monoisotopic (exact) mass is 410 g/mol. The van der Waals surface area contributed by atoms with E-state index in [1.807, 2.05) is 61.5 Å². The minimum atomic E-state index is -3.13. The van der Waals surface area contributed by atoms with E-state index in [-0.39, 0.29) is 29.1 Å². The molecule has 0 bridgehead atoms. The molecule has 2 aromatic carbocycles. The maximum atomic E-state index is 13.3. The van der Waals surface area contributed by atoms with Crippen LogP contribution in [0.5, 0.6) is 0 Å². The van der Waals surface area contributed by atoms with Gasteiger partial charge in [-0.1, -0.05) is 65.3 Å². The van der Waals surface area contributed by atoms with Crippen molar-refractivity contribution in [2.75, 3.05) is 11.5 Å². The van der Waals surface area contributed by atoms with Crippen LogP contribution in [0.2, 0.25) is 0 Å². The van der Waals surface area contributed by atoms with Crippen LogP contribution in [0, 0.1) is 6.92 Å². The Morgan fingerprint density at radius 1 is 1.14 bits per heavy atom. The zero-order chi connectivity index (χ0) is 20.4. The molecule has 1 aromatic heterocycles. The van der Waals surface area contributed by atoms with Crippen molar-refractivity contribution in [1.82, 2.24) is 10.1 Å². The summed E-state index contributed by atoms with van der Waals surface area (Å²) in [5.74, 6) is 0.263. The van der Waals surface area contributed by atoms with Gasteiger partial charge in [0.15, 0.2) is 21.3 Å². The fourth-order valence-electron chi connectivity index (χ4n) is 3.54. The Kier molecular flexibility index (Phi) is 5.24. The summed E-state index contributed by atoms with van der Waals surface area (Å²) in [5.41, 5.74) is 3.08. The van der Waals surface area contributed by atoms with E-state index in [1.54, 1.807) is 11.0 Å². The van der Waals surface area contributed by atoms with E-state index < -0.39 is 9.84 Å². The molecular formula is C22H22N2O4S. The molecule has 1 fully saturated rings. The van der Waals surface area contributed by atoms with Crippen molar-refractivity contribution in [3.8, 4) is 11.3 Å². The quantitative estimate of drug-likeness (QED) is 0.643. The number of nitrogens with zero attached hydrogens (tertiary/aromatic N) is 2. The van der Waals surface area contributed by atoms with Crippen molar-refractivity contribution in [3.63, 3.8) is 0 Å². The molecule has 4 rings (SSSR count). The number of benzene rings is 2. The molecule has 2 heterocycles. The van der Waals surface area contributed by atoms with Crippen molar-refractivity contribution in [2.24, 2.45) is 0 Å². The minimum Gasteiger partial charge on any atom is -0.355 e. The molecule has 1 atom stereocenters. The van der Waals surface area contributed by atoms with E-state index in [0.717, 1.165) is 16.7 Å². The van der Waals surface area contributed by atoms with Crippen LogP contribution in [0.3, 0.4) is 0 Å². The fourth-order valence-corrected chi connectivity index (χ4v) is 5.27. The van der Waals surface area contributed by atoms with Gasteiger partial charge in [0.2, 0.25) is 0 Å². The number of aryl methyl sites for hydroxylation is 1. The van der Waals surface area contributed by atoms with Crippen molar-refractivity contribution < 1.29 is 17.7 Å². The summed E-state index contributed by atoms with van der Waals surface area (Å²) in [7, 11) is -3.13. The average Bonchev–Trinajstić information content (AvgIpc) is 3.34. The topological polar surface area (TPSA) is 80.5 Å². The van der Waals surface area contributed by atoms with Gasteiger partial charge in [-0.05, 0) is 18.9 Å². The molecule has 7 heteroatoms. The van der Waals surface area contributed by atoms with Crippen LogP contribution in [0.15, 0.2) is 65.2 Å². The van der Waals surface area contributed by atoms with Crippen molar-refractivity contribution in [2.45, 2.75) is 25.9 Å². The van der Waals surface area contributed by atoms with Crippen LogP contribution in [0.25, 0.3) is 11.3 Å². The van der Waals surface area contributed by atoms with Crippen LogP contribution < -0.4 is 0 Å². The molecule has 0 N–H and O–H groups in total. The van der Waals surface area contributed by atoms with E-state index >= 15 is 0 Å². The van der Waals surface area contributed by atoms with E-state index in [2.05, 4.69) is 5.16 Å². The smallest absolute Gasteiger partial charge is 0.276 e. The molecule has 1 aliphatic heterocycles. The van der Waals surface area contributed by atoms with Gasteiger partial charge < -0.3 is 9.42 Å². The molecule has 6 nitrogen and oxygen atoms in total. The van der Waals surface area contributed by atoms with Gasteiger partial charge >= 0.3 is 0 Å². The molecular weight excluding hydrogens is 388 g/mol. The summed E-state index contributed by atoms with van der Waals surface area (Å²) in [5, 5.41) is 3.96. The first kappa shape index (κ1) is 19.4. The van der Waals surface area contributed by atoms with Gasteiger partial charge in [-0.15, -0.1) is 0 Å². The highest BCUT2D eigenvalue weighted by Crippen LogP contribution is 2.25. The Labute approximate surface area is 170 Å². The zero-order valence-corrected chi connectivity index (χ0v) is 16.9. The predicted molar refractivity (Wildman–Crippen MR) is 110 cm³/mol. The zero-order valence-electron chi connectivity index (χ0n) is 16.1. The first-order valence-electron chi connectivity index (χ1n) is 9.50. The molecule has 29 heavy (non-hydrogen) atoms. The lowest BCUT2D eigenvalue weighted by Gasteiger charge is -2.27. The van der Waals surface area contributed by atoms with E-state index in [1.165, 1.54) is 0 Å². The molecule has 1 amide bonds. The second-order valence-corrected chi connectivity index (χ2v) is 9.65. The van der Waals surface area contributed by atoms with Gasteiger partial charge in [0.25, 0.3) is 5.91 Å². The SMILES string of the molecule is Cc1ccc(CN(C(=O)c2cc(-c3ccccc3)on2)[C@H]2CCS(=O)(=O)C2)cc1. The second kappa shape index (κ2) is 7.83. The molecule has 0 saturated carbocycles. The van der Waals surface area contributed by atoms with Crippen LogP contribution in [0.4, 0.5) is 0 Å². The first-order chi connectivity index (χ1) is 13.9. The van der Waals surface area contributed by atoms with Gasteiger partial charge in [-0.3, -0.25) is 4.79 Å². The number of sulfone groups is 1. The Morgan fingerprint density at radius 3 is 2.52 bits per heavy atom. The highest BCUT2D eigenvalue weighted by molar-refractivity contribution is 7.91. The largest absolute Gasteiger partial charge is 0.355 e. The van der Waals surface area contributed by atoms with Crippen molar-refractivity contribution in [1.29, 1.82) is 0 Å². The van der Waals surface area contributed by atoms with Crippen LogP contribution in [-0.2, 0) is 16.4 Å². The van der Waals surface area contributed by atoms with E-state index in [9.17, 15) is 13.2 Å². The molecule has 3 aromatic rings. The lowest BCUT2D eigenvalue weighted by molar-refractivity contribution is 0.0670. The van der Waals surface area contributed by atoms with Gasteiger partial charge in [-0.25, -0.2) is 8.42 Å². The van der Waals surface area contributed by atoms with Crippen molar-refractivity contribution >= 4 is 15.7 Å². The molecule has 0 spiro atoms. The van der Waals surface area contributed by atoms with Crippen LogP contribution in [0.1, 0.15) is 28.0 Å². The van der Waals surface area contributed by atoms with E-state index in [0.29, 0.717) is 18.7 Å². The molecule has 0 unspecified atom stereocenters. The standard InChI is InChI=1S/C22H22N2O4S/c1-16-7-9-17(10-8-16)14-24(19-11-12-29(26,27)15-19)22(25)20-13-21(28-23-20)18-5-3-2-4-6-18/h2-10,13,19H,11-12,14-15H2,1H3/t19-/m0/s1. The van der Waals surface area contributed by atoms with Gasteiger partial charge in [0.05, 0.1) is 11.5 Å². The minimum absolute atomic E-state index is 0.0198. The number of carbonyl (C=O) groups is 1. The highest BCUT2D eigenvalue weighted by atomic mass is 32.2. The molecule has 0 radical (unpaired) electrons. The normalized spacial score (nSPS) is 17.9. The second-order valence-electron chi connectivity index (χ2n) is 7.42. The number of rotatable bonds is 5. The van der Waals surface area contributed by atoms with E-state index in [4.69, 9.17) is 4.52 Å². The number of aromatic nitrogens is 1. The average molecular weight is 410 g/mol. The highest BCUT2D eigenvalue weighted by Gasteiger charge is 2.36. The first-order valence-corrected chi connectivity index (χ1v) is 11.3. The fraction of sp³-hybridized carbons (Fsp3) is 0.273. The third kappa shape index (κ3) is 4.40. The third-order valence-electron chi connectivity index (χ3n) is 5.17. The number of carbonyl (C=O) groups excluding carboxylic acids is 1. The number of hydrogen-bond acceptors (Lipinski definition) is 5. The summed E-state index contributed by atoms with van der Waals surface area (Å²) in [6.07, 6.45) is 0.434. The maximum Gasteiger partial charge on any atom is 0.276 e. The van der Waals surface area contributed by atoms with Gasteiger partial charge in [0, 0.05) is 24.2 Å². The van der Waals surface area contributed by atoms with Gasteiger partial charge in [0.1, 0.15) is 0 Å². The summed E-state index contributed by atoms with van der Waals surface area (Å²) >= 11 is 0. The van der Waals surface area contributed by atoms with Crippen LogP contribution in [-0.4, -0.2) is 41.9 Å². The Hall–Kier alpha value is -2.93. The van der Waals surface area contributed by atoms with Gasteiger partial charge in [-0.2, -0.15) is 0 Å². The van der Waals surface area contributed by atoms with Crippen molar-refractivity contribution in [3.05, 3.63) is 77.5 Å². The molecule has 1 aliphatic rings. The third-order valence-corrected chi connectivity index (χ3v) is 6.92. The number of amides is 1. The summed E-state index contributed by atoms with van der Waals surface area (Å²) in [4.78, 5) is 14.9. The lowest BCUT2D eigenvalue weighted by Crippen LogP contribution is -2.40. The summed E-state index contributed by atoms with van der Waals surface area (Å²) < 4.78 is 29.4. The maximum absolute atomic E-state index is 13.3. The Morgan fingerprint density at radius 2 is 1.86 bits per heavy atom. The van der Waals surface area contributed by atoms with Crippen LogP contribution >= 0.6 is 0 Å².